The molecule has 1 N–H and O–H groups in total. The average Bonchev–Trinajstić information content (AvgIpc) is 2.03. The molecule has 1 unspecified atom stereocenters. The van der Waals surface area contributed by atoms with Gasteiger partial charge < -0.3 is 5.32 Å². The zero-order chi connectivity index (χ0) is 8.55. The van der Waals surface area contributed by atoms with Crippen molar-refractivity contribution in [2.75, 3.05) is 5.32 Å². The summed E-state index contributed by atoms with van der Waals surface area (Å²) >= 11 is 5.86. The number of hydrogen-bond donors (Lipinski definition) is 1. The lowest BCUT2D eigenvalue weighted by Gasteiger charge is -2.18. The molecule has 0 aliphatic carbocycles. The SMILES string of the molecule is CC1C=Cc2ccc(Cl)cc2N1. The van der Waals surface area contributed by atoms with Gasteiger partial charge in [0.15, 0.2) is 0 Å². The molecule has 62 valence electrons. The van der Waals surface area contributed by atoms with Crippen LogP contribution in [0.2, 0.25) is 5.02 Å². The molecule has 0 spiro atoms. The molecular weight excluding hydrogens is 170 g/mol. The van der Waals surface area contributed by atoms with Crippen molar-refractivity contribution in [2.45, 2.75) is 13.0 Å². The molecule has 0 radical (unpaired) electrons. The number of halogens is 1. The van der Waals surface area contributed by atoms with Gasteiger partial charge in [-0.05, 0) is 24.6 Å². The van der Waals surface area contributed by atoms with Crippen LogP contribution in [0.25, 0.3) is 6.08 Å². The van der Waals surface area contributed by atoms with Gasteiger partial charge in [-0.15, -0.1) is 0 Å². The van der Waals surface area contributed by atoms with Gasteiger partial charge in [-0.25, -0.2) is 0 Å². The minimum absolute atomic E-state index is 0.399. The Labute approximate surface area is 77.0 Å². The van der Waals surface area contributed by atoms with E-state index in [0.717, 1.165) is 10.7 Å². The van der Waals surface area contributed by atoms with Crippen molar-refractivity contribution in [1.29, 1.82) is 0 Å². The monoisotopic (exact) mass is 179 g/mol. The standard InChI is InChI=1S/C10H10ClN/c1-7-2-3-8-4-5-9(11)6-10(8)12-7/h2-7,12H,1H3. The smallest absolute Gasteiger partial charge is 0.0433 e. The Balaban J connectivity index is 2.47. The molecule has 1 atom stereocenters. The fraction of sp³-hybridized carbons (Fsp3) is 0.200. The van der Waals surface area contributed by atoms with Crippen LogP contribution in [0.15, 0.2) is 24.3 Å². The predicted molar refractivity (Wildman–Crippen MR) is 53.6 cm³/mol. The van der Waals surface area contributed by atoms with Gasteiger partial charge in [-0.3, -0.25) is 0 Å². The van der Waals surface area contributed by atoms with E-state index in [-0.39, 0.29) is 0 Å². The summed E-state index contributed by atoms with van der Waals surface area (Å²) in [6.07, 6.45) is 4.25. The van der Waals surface area contributed by atoms with Crippen LogP contribution in [-0.2, 0) is 0 Å². The highest BCUT2D eigenvalue weighted by molar-refractivity contribution is 6.31. The molecule has 1 aromatic rings. The third-order valence-electron chi connectivity index (χ3n) is 1.96. The highest BCUT2D eigenvalue weighted by Gasteiger charge is 2.07. The van der Waals surface area contributed by atoms with Gasteiger partial charge in [-0.1, -0.05) is 29.8 Å². The van der Waals surface area contributed by atoms with E-state index in [1.54, 1.807) is 0 Å². The van der Waals surface area contributed by atoms with Gasteiger partial charge in [0, 0.05) is 16.8 Å². The molecule has 0 amide bonds. The maximum atomic E-state index is 5.86. The molecule has 1 nitrogen and oxygen atoms in total. The fourth-order valence-corrected chi connectivity index (χ4v) is 1.51. The Hall–Kier alpha value is -0.950. The molecule has 0 aromatic heterocycles. The van der Waals surface area contributed by atoms with Crippen molar-refractivity contribution < 1.29 is 0 Å². The normalized spacial score (nSPS) is 20.0. The number of nitrogens with one attached hydrogen (secondary N) is 1. The van der Waals surface area contributed by atoms with E-state index in [9.17, 15) is 0 Å². The van der Waals surface area contributed by atoms with Crippen LogP contribution in [-0.4, -0.2) is 6.04 Å². The van der Waals surface area contributed by atoms with E-state index in [2.05, 4.69) is 24.4 Å². The first-order chi connectivity index (χ1) is 5.75. The Bertz CT molecular complexity index is 331. The summed E-state index contributed by atoms with van der Waals surface area (Å²) in [5.74, 6) is 0. The summed E-state index contributed by atoms with van der Waals surface area (Å²) in [5.41, 5.74) is 2.33. The lowest BCUT2D eigenvalue weighted by Crippen LogP contribution is -2.15. The second-order valence-electron chi connectivity index (χ2n) is 3.02. The minimum Gasteiger partial charge on any atom is -0.379 e. The van der Waals surface area contributed by atoms with Crippen molar-refractivity contribution in [3.63, 3.8) is 0 Å². The van der Waals surface area contributed by atoms with Crippen LogP contribution in [0, 0.1) is 0 Å². The van der Waals surface area contributed by atoms with Gasteiger partial charge >= 0.3 is 0 Å². The topological polar surface area (TPSA) is 12.0 Å². The number of hydrogen-bond acceptors (Lipinski definition) is 1. The minimum atomic E-state index is 0.399. The maximum absolute atomic E-state index is 5.86. The number of benzene rings is 1. The molecule has 1 aromatic carbocycles. The Morgan fingerprint density at radius 1 is 1.42 bits per heavy atom. The van der Waals surface area contributed by atoms with Crippen LogP contribution in [0.5, 0.6) is 0 Å². The van der Waals surface area contributed by atoms with Crippen LogP contribution in [0.3, 0.4) is 0 Å². The van der Waals surface area contributed by atoms with E-state index < -0.39 is 0 Å². The molecule has 0 fully saturated rings. The molecule has 12 heavy (non-hydrogen) atoms. The summed E-state index contributed by atoms with van der Waals surface area (Å²) in [5, 5.41) is 4.11. The number of rotatable bonds is 0. The Morgan fingerprint density at radius 2 is 2.25 bits per heavy atom. The lowest BCUT2D eigenvalue weighted by molar-refractivity contribution is 0.992. The van der Waals surface area contributed by atoms with Gasteiger partial charge in [-0.2, -0.15) is 0 Å². The first-order valence-electron chi connectivity index (χ1n) is 4.00. The maximum Gasteiger partial charge on any atom is 0.0433 e. The third kappa shape index (κ3) is 1.32. The van der Waals surface area contributed by atoms with Crippen LogP contribution < -0.4 is 5.32 Å². The largest absolute Gasteiger partial charge is 0.379 e. The van der Waals surface area contributed by atoms with Crippen molar-refractivity contribution >= 4 is 23.4 Å². The lowest BCUT2D eigenvalue weighted by atomic mass is 10.1. The Morgan fingerprint density at radius 3 is 3.08 bits per heavy atom. The summed E-state index contributed by atoms with van der Waals surface area (Å²) in [6.45, 7) is 2.11. The van der Waals surface area contributed by atoms with Gasteiger partial charge in [0.25, 0.3) is 0 Å². The Kier molecular flexibility index (Phi) is 1.81. The van der Waals surface area contributed by atoms with Crippen LogP contribution >= 0.6 is 11.6 Å². The van der Waals surface area contributed by atoms with E-state index in [1.165, 1.54) is 5.56 Å². The second-order valence-corrected chi connectivity index (χ2v) is 3.46. The molecule has 1 aliphatic rings. The molecule has 0 saturated carbocycles. The zero-order valence-corrected chi connectivity index (χ0v) is 7.60. The number of anilines is 1. The van der Waals surface area contributed by atoms with Crippen molar-refractivity contribution in [3.05, 3.63) is 34.9 Å². The molecular formula is C10H10ClN. The first-order valence-corrected chi connectivity index (χ1v) is 4.38. The fourth-order valence-electron chi connectivity index (χ4n) is 1.34. The molecule has 1 aliphatic heterocycles. The van der Waals surface area contributed by atoms with E-state index in [1.807, 2.05) is 18.2 Å². The molecule has 2 heteroatoms. The summed E-state index contributed by atoms with van der Waals surface area (Å²) in [6, 6.07) is 6.28. The van der Waals surface area contributed by atoms with E-state index in [4.69, 9.17) is 11.6 Å². The number of fused-ring (bicyclic) bond motifs is 1. The van der Waals surface area contributed by atoms with Gasteiger partial charge in [0.2, 0.25) is 0 Å². The van der Waals surface area contributed by atoms with Crippen molar-refractivity contribution in [1.82, 2.24) is 0 Å². The summed E-state index contributed by atoms with van der Waals surface area (Å²) in [4.78, 5) is 0. The predicted octanol–water partition coefficient (Wildman–Crippen LogP) is 3.17. The second kappa shape index (κ2) is 2.83. The van der Waals surface area contributed by atoms with Crippen molar-refractivity contribution in [2.24, 2.45) is 0 Å². The average molecular weight is 180 g/mol. The quantitative estimate of drug-likeness (QED) is 0.645. The van der Waals surface area contributed by atoms with E-state index in [0.29, 0.717) is 6.04 Å². The zero-order valence-electron chi connectivity index (χ0n) is 6.84. The molecule has 0 bridgehead atoms. The first kappa shape index (κ1) is 7.69. The summed E-state index contributed by atoms with van der Waals surface area (Å²) in [7, 11) is 0. The van der Waals surface area contributed by atoms with Crippen molar-refractivity contribution in [3.8, 4) is 0 Å². The van der Waals surface area contributed by atoms with Gasteiger partial charge in [0.05, 0.1) is 0 Å². The molecule has 2 rings (SSSR count). The van der Waals surface area contributed by atoms with Gasteiger partial charge in [0.1, 0.15) is 0 Å². The highest BCUT2D eigenvalue weighted by Crippen LogP contribution is 2.25. The highest BCUT2D eigenvalue weighted by atomic mass is 35.5. The van der Waals surface area contributed by atoms with Crippen LogP contribution in [0.4, 0.5) is 5.69 Å². The molecule has 0 saturated heterocycles. The third-order valence-corrected chi connectivity index (χ3v) is 2.20. The van der Waals surface area contributed by atoms with E-state index >= 15 is 0 Å². The summed E-state index contributed by atoms with van der Waals surface area (Å²) < 4.78 is 0. The van der Waals surface area contributed by atoms with Crippen LogP contribution in [0.1, 0.15) is 12.5 Å². The molecule has 1 heterocycles.